The summed E-state index contributed by atoms with van der Waals surface area (Å²) < 4.78 is 31.0. The SMILES string of the molecule is C[C@@H]1[C@H](NC(=O)c2ccc(C3CC3)c(Cl)c2)CCCN1c1cnc(C(N)=O)c(Nc2ccc(N3CCN(C)CC3)cc2)n1.Cn1cc(Nc2nc(N3C[C@H](NC(=O)c4ccc(C5CC5)cc4)CC(F)(F)C3)cnc2C(N)=O)cn1. The standard InChI is InChI=1S/C32H39ClN8O2.C24H26F2N8O2/c1-20-27(37-32(43)22-7-12-25(21-5-6-21)26(33)18-22)4-3-13-41(20)28-19-35-29(30(34)42)31(38-28)36-23-8-10-24(11-9-23)40-16-14-39(2)15-17-40;1-33-11-18(9-29-33)30-22-20(21(27)35)28-10-19(32-22)34-12-17(8-24(25,26)13-34)31-23(36)16-6-4-15(5-7-16)14-2-3-14/h7-12,18-21,27H,3-6,13-17H2,1-2H3,(H2,34,42)(H,36,38)(H,37,43);4-7,9-11,14,17H,2-3,8,12-13H2,1H3,(H2,27,35)(H,30,32)(H,31,36)/t20-,27-;17-/m11/s1. The van der Waals surface area contributed by atoms with Gasteiger partial charge in [0.25, 0.3) is 29.6 Å². The van der Waals surface area contributed by atoms with Crippen molar-refractivity contribution in [3.8, 4) is 0 Å². The molecule has 3 atom stereocenters. The number of nitrogens with one attached hydrogen (secondary N) is 4. The highest BCUT2D eigenvalue weighted by molar-refractivity contribution is 6.31. The highest BCUT2D eigenvalue weighted by Crippen LogP contribution is 2.43. The monoisotopic (exact) mass is 1100 g/mol. The molecule has 0 spiro atoms. The Morgan fingerprint density at radius 3 is 1.94 bits per heavy atom. The maximum absolute atomic E-state index is 14.7. The third kappa shape index (κ3) is 13.3. The van der Waals surface area contributed by atoms with E-state index in [0.717, 1.165) is 88.2 Å². The minimum absolute atomic E-state index is 0.0261. The largest absolute Gasteiger partial charge is 0.369 e. The fourth-order valence-electron chi connectivity index (χ4n) is 10.4. The highest BCUT2D eigenvalue weighted by Gasteiger charge is 2.42. The van der Waals surface area contributed by atoms with Crippen LogP contribution in [0.3, 0.4) is 0 Å². The van der Waals surface area contributed by atoms with Crippen molar-refractivity contribution in [3.63, 3.8) is 0 Å². The average Bonchev–Trinajstić information content (AvgIpc) is 4.41. The van der Waals surface area contributed by atoms with Gasteiger partial charge < -0.3 is 52.3 Å². The first-order valence-corrected chi connectivity index (χ1v) is 27.1. The zero-order valence-corrected chi connectivity index (χ0v) is 45.1. The number of nitrogens with zero attached hydrogens (tertiary/aromatic N) is 10. The fraction of sp³-hybridized carbons (Fsp3) is 0.411. The molecule has 23 heteroatoms. The van der Waals surface area contributed by atoms with Crippen molar-refractivity contribution in [3.05, 3.63) is 130 Å². The summed E-state index contributed by atoms with van der Waals surface area (Å²) in [6.07, 6.45) is 11.8. The lowest BCUT2D eigenvalue weighted by atomic mass is 9.96. The van der Waals surface area contributed by atoms with Crippen LogP contribution in [-0.4, -0.2) is 135 Å². The normalized spacial score (nSPS) is 20.1. The number of nitrogens with two attached hydrogens (primary N) is 2. The molecule has 3 saturated heterocycles. The molecule has 4 amide bonds. The number of aryl methyl sites for hydroxylation is 1. The summed E-state index contributed by atoms with van der Waals surface area (Å²) >= 11 is 6.49. The van der Waals surface area contributed by atoms with Crippen LogP contribution in [0.4, 0.5) is 49.1 Å². The van der Waals surface area contributed by atoms with Crippen molar-refractivity contribution >= 4 is 75.6 Å². The van der Waals surface area contributed by atoms with Crippen LogP contribution in [0, 0.1) is 0 Å². The first kappa shape index (κ1) is 54.4. The molecule has 0 unspecified atom stereocenters. The number of halogens is 3. The zero-order chi connectivity index (χ0) is 55.5. The van der Waals surface area contributed by atoms with E-state index in [0.29, 0.717) is 45.3 Å². The van der Waals surface area contributed by atoms with E-state index in [4.69, 9.17) is 28.1 Å². The van der Waals surface area contributed by atoms with Crippen molar-refractivity contribution in [2.45, 2.75) is 87.8 Å². The molecule has 3 aromatic carbocycles. The molecule has 3 aromatic heterocycles. The molecular formula is C56H65ClF2N16O4. The van der Waals surface area contributed by atoms with Gasteiger partial charge in [-0.15, -0.1) is 0 Å². The van der Waals surface area contributed by atoms with E-state index in [1.165, 1.54) is 22.9 Å². The van der Waals surface area contributed by atoms with E-state index in [2.05, 4.69) is 82.1 Å². The Bertz CT molecular complexity index is 3200. The smallest absolute Gasteiger partial charge is 0.271 e. The lowest BCUT2D eigenvalue weighted by molar-refractivity contribution is -0.0209. The summed E-state index contributed by atoms with van der Waals surface area (Å²) in [6, 6.07) is 20.0. The average molecular weight is 1100 g/mol. The number of carbonyl (C=O) groups excluding carboxylic acids is 4. The number of carbonyl (C=O) groups is 4. The number of aromatic nitrogens is 6. The number of hydrogen-bond acceptors (Lipinski definition) is 15. The number of hydrogen-bond donors (Lipinski definition) is 6. The highest BCUT2D eigenvalue weighted by atomic mass is 35.5. The van der Waals surface area contributed by atoms with E-state index in [9.17, 15) is 28.0 Å². The van der Waals surface area contributed by atoms with Crippen molar-refractivity contribution in [1.29, 1.82) is 0 Å². The van der Waals surface area contributed by atoms with Crippen LogP contribution in [0.5, 0.6) is 0 Å². The number of benzene rings is 3. The number of anilines is 7. The first-order chi connectivity index (χ1) is 37.9. The number of amides is 4. The first-order valence-electron chi connectivity index (χ1n) is 26.7. The second-order valence-electron chi connectivity index (χ2n) is 21.2. The molecule has 2 aliphatic carbocycles. The molecule has 5 aliphatic rings. The summed E-state index contributed by atoms with van der Waals surface area (Å²) in [5.41, 5.74) is 16.8. The van der Waals surface area contributed by atoms with Gasteiger partial charge in [-0.05, 0) is 124 Å². The Morgan fingerprint density at radius 2 is 1.32 bits per heavy atom. The number of rotatable bonds is 15. The van der Waals surface area contributed by atoms with E-state index in [-0.39, 0.29) is 47.6 Å². The maximum atomic E-state index is 14.7. The third-order valence-corrected chi connectivity index (χ3v) is 15.4. The van der Waals surface area contributed by atoms with E-state index >= 15 is 0 Å². The van der Waals surface area contributed by atoms with Gasteiger partial charge in [0.15, 0.2) is 23.0 Å². The van der Waals surface area contributed by atoms with Crippen molar-refractivity contribution in [2.24, 2.45) is 18.5 Å². The van der Waals surface area contributed by atoms with Crippen LogP contribution < -0.4 is 47.4 Å². The molecule has 414 valence electrons. The molecule has 0 radical (unpaired) electrons. The summed E-state index contributed by atoms with van der Waals surface area (Å²) in [5.74, 6) is -2.93. The Morgan fingerprint density at radius 1 is 0.696 bits per heavy atom. The second kappa shape index (κ2) is 23.2. The molecule has 3 aliphatic heterocycles. The van der Waals surface area contributed by atoms with Crippen LogP contribution in [0.2, 0.25) is 5.02 Å². The van der Waals surface area contributed by atoms with Crippen LogP contribution in [0.15, 0.2) is 91.5 Å². The number of alkyl halides is 2. The third-order valence-electron chi connectivity index (χ3n) is 15.1. The lowest BCUT2D eigenvalue weighted by Gasteiger charge is -2.40. The number of piperazine rings is 1. The predicted molar refractivity (Wildman–Crippen MR) is 299 cm³/mol. The molecule has 11 rings (SSSR count). The number of piperidine rings is 2. The predicted octanol–water partition coefficient (Wildman–Crippen LogP) is 6.96. The van der Waals surface area contributed by atoms with Crippen LogP contribution in [0.25, 0.3) is 0 Å². The summed E-state index contributed by atoms with van der Waals surface area (Å²) in [5, 5.41) is 16.8. The fourth-order valence-corrected chi connectivity index (χ4v) is 10.8. The van der Waals surface area contributed by atoms with Crippen LogP contribution in [0.1, 0.15) is 117 Å². The molecule has 79 heavy (non-hydrogen) atoms. The zero-order valence-electron chi connectivity index (χ0n) is 44.3. The molecule has 20 nitrogen and oxygen atoms in total. The number of likely N-dealkylation sites (N-methyl/N-ethyl adjacent to an activating group) is 1. The Hall–Kier alpha value is -7.98. The Labute approximate surface area is 461 Å². The van der Waals surface area contributed by atoms with Gasteiger partial charge in [-0.2, -0.15) is 5.10 Å². The Kier molecular flexibility index (Phi) is 15.9. The van der Waals surface area contributed by atoms with Crippen molar-refractivity contribution in [1.82, 2.24) is 45.2 Å². The van der Waals surface area contributed by atoms with E-state index < -0.39 is 42.7 Å². The van der Waals surface area contributed by atoms with Gasteiger partial charge in [-0.3, -0.25) is 23.9 Å². The van der Waals surface area contributed by atoms with Crippen LogP contribution in [-0.2, 0) is 7.05 Å². The summed E-state index contributed by atoms with van der Waals surface area (Å²) in [4.78, 5) is 75.8. The van der Waals surface area contributed by atoms with Gasteiger partial charge in [0, 0.05) is 98.5 Å². The molecule has 0 bridgehead atoms. The minimum Gasteiger partial charge on any atom is -0.369 e. The second-order valence-corrected chi connectivity index (χ2v) is 21.7. The minimum atomic E-state index is -3.08. The van der Waals surface area contributed by atoms with Crippen LogP contribution >= 0.6 is 11.6 Å². The Balaban J connectivity index is 0.000000181. The van der Waals surface area contributed by atoms with Crippen molar-refractivity contribution < 1.29 is 28.0 Å². The lowest BCUT2D eigenvalue weighted by Crippen LogP contribution is -2.55. The van der Waals surface area contributed by atoms with Gasteiger partial charge in [-0.25, -0.2) is 28.7 Å². The molecular weight excluding hydrogens is 1030 g/mol. The maximum Gasteiger partial charge on any atom is 0.271 e. The van der Waals surface area contributed by atoms with Gasteiger partial charge in [0.1, 0.15) is 11.6 Å². The topological polar surface area (TPSA) is 251 Å². The van der Waals surface area contributed by atoms with Gasteiger partial charge in [-0.1, -0.05) is 29.8 Å². The van der Waals surface area contributed by atoms with Gasteiger partial charge in [0.2, 0.25) is 0 Å². The molecule has 5 fully saturated rings. The molecule has 8 N–H and O–H groups in total. The summed E-state index contributed by atoms with van der Waals surface area (Å²) in [6.45, 7) is 6.35. The molecule has 2 saturated carbocycles. The van der Waals surface area contributed by atoms with Gasteiger partial charge in [0.05, 0.1) is 36.9 Å². The van der Waals surface area contributed by atoms with Crippen molar-refractivity contribution in [2.75, 3.05) is 78.2 Å². The molecule has 6 aromatic rings. The van der Waals surface area contributed by atoms with Gasteiger partial charge >= 0.3 is 0 Å². The van der Waals surface area contributed by atoms with E-state index in [1.54, 1.807) is 42.3 Å². The quantitative estimate of drug-likeness (QED) is 0.0608. The molecule has 6 heterocycles. The summed E-state index contributed by atoms with van der Waals surface area (Å²) in [7, 11) is 3.86. The number of primary amides is 2. The van der Waals surface area contributed by atoms with E-state index in [1.807, 2.05) is 36.4 Å².